The van der Waals surface area contributed by atoms with Crippen molar-refractivity contribution < 1.29 is 9.84 Å². The summed E-state index contributed by atoms with van der Waals surface area (Å²) in [5, 5.41) is 13.7. The number of aliphatic hydroxyl groups is 1. The number of ether oxygens (including phenoxy) is 1. The Morgan fingerprint density at radius 2 is 2.26 bits per heavy atom. The number of hydrogen-bond acceptors (Lipinski definition) is 4. The van der Waals surface area contributed by atoms with Gasteiger partial charge >= 0.3 is 0 Å². The van der Waals surface area contributed by atoms with Crippen molar-refractivity contribution >= 4 is 0 Å². The second-order valence-corrected chi connectivity index (χ2v) is 5.20. The van der Waals surface area contributed by atoms with Crippen molar-refractivity contribution in [3.63, 3.8) is 0 Å². The molecule has 1 aromatic heterocycles. The van der Waals surface area contributed by atoms with Gasteiger partial charge in [0.25, 0.3) is 0 Å². The number of hydrogen-bond donors (Lipinski definition) is 2. The average Bonchev–Trinajstić information content (AvgIpc) is 2.76. The summed E-state index contributed by atoms with van der Waals surface area (Å²) >= 11 is 0. The quantitative estimate of drug-likeness (QED) is 0.627. The molecule has 0 saturated heterocycles. The van der Waals surface area contributed by atoms with Crippen LogP contribution in [0.1, 0.15) is 32.5 Å². The molecule has 1 unspecified atom stereocenters. The van der Waals surface area contributed by atoms with E-state index in [9.17, 15) is 5.11 Å². The molecule has 0 aliphatic heterocycles. The van der Waals surface area contributed by atoms with Crippen molar-refractivity contribution in [2.45, 2.75) is 45.3 Å². The van der Waals surface area contributed by atoms with Gasteiger partial charge in [0.2, 0.25) is 0 Å². The molecule has 0 fully saturated rings. The van der Waals surface area contributed by atoms with E-state index in [0.29, 0.717) is 19.4 Å². The molecule has 0 spiro atoms. The number of aryl methyl sites for hydroxylation is 1. The van der Waals surface area contributed by atoms with Crippen molar-refractivity contribution in [2.24, 2.45) is 0 Å². The zero-order chi connectivity index (χ0) is 14.1. The molecular weight excluding hydrogens is 242 g/mol. The Hall–Kier alpha value is -0.910. The fourth-order valence-electron chi connectivity index (χ4n) is 2.04. The smallest absolute Gasteiger partial charge is 0.111 e. The molecule has 0 aromatic carbocycles. The fourth-order valence-corrected chi connectivity index (χ4v) is 2.04. The highest BCUT2D eigenvalue weighted by Crippen LogP contribution is 2.15. The molecular formula is C14H27N3O2. The van der Waals surface area contributed by atoms with Gasteiger partial charge in [-0.3, -0.25) is 0 Å². The van der Waals surface area contributed by atoms with Crippen molar-refractivity contribution in [3.05, 3.63) is 18.2 Å². The van der Waals surface area contributed by atoms with Gasteiger partial charge in [-0.25, -0.2) is 4.98 Å². The lowest BCUT2D eigenvalue weighted by molar-refractivity contribution is 0.0482. The zero-order valence-electron chi connectivity index (χ0n) is 12.4. The van der Waals surface area contributed by atoms with Crippen LogP contribution in [0.15, 0.2) is 12.4 Å². The Labute approximate surface area is 116 Å². The van der Waals surface area contributed by atoms with E-state index in [4.69, 9.17) is 4.74 Å². The van der Waals surface area contributed by atoms with Gasteiger partial charge in [0.1, 0.15) is 5.82 Å². The molecule has 5 heteroatoms. The lowest BCUT2D eigenvalue weighted by Crippen LogP contribution is -2.34. The Morgan fingerprint density at radius 1 is 1.47 bits per heavy atom. The molecule has 1 atom stereocenters. The Kier molecular flexibility index (Phi) is 7.05. The molecule has 0 aliphatic rings. The van der Waals surface area contributed by atoms with E-state index in [1.807, 2.05) is 13.1 Å². The highest BCUT2D eigenvalue weighted by molar-refractivity contribution is 4.97. The van der Waals surface area contributed by atoms with Gasteiger partial charge in [-0.15, -0.1) is 0 Å². The number of nitrogens with one attached hydrogen (secondary N) is 1. The first-order valence-electron chi connectivity index (χ1n) is 7.01. The minimum atomic E-state index is -0.725. The first kappa shape index (κ1) is 16.1. The van der Waals surface area contributed by atoms with Crippen LogP contribution in [-0.4, -0.2) is 47.1 Å². The van der Waals surface area contributed by atoms with Crippen molar-refractivity contribution in [3.8, 4) is 0 Å². The van der Waals surface area contributed by atoms with Crippen LogP contribution in [0.2, 0.25) is 0 Å². The van der Waals surface area contributed by atoms with E-state index < -0.39 is 5.60 Å². The molecule has 0 aliphatic carbocycles. The molecule has 0 amide bonds. The topological polar surface area (TPSA) is 59.3 Å². The summed E-state index contributed by atoms with van der Waals surface area (Å²) in [7, 11) is 1.69. The number of rotatable bonds is 10. The maximum Gasteiger partial charge on any atom is 0.111 e. The third-order valence-electron chi connectivity index (χ3n) is 3.13. The minimum Gasteiger partial charge on any atom is -0.390 e. The maximum atomic E-state index is 10.4. The normalized spacial score (nSPS) is 14.5. The lowest BCUT2D eigenvalue weighted by Gasteiger charge is -2.23. The SMILES string of the molecule is CCCn1ccnc1CC(C)(O)CCNCCOC. The number of aromatic nitrogens is 2. The molecule has 1 rings (SSSR count). The van der Waals surface area contributed by atoms with Crippen LogP contribution in [-0.2, 0) is 17.7 Å². The van der Waals surface area contributed by atoms with E-state index in [-0.39, 0.29) is 0 Å². The Balaban J connectivity index is 2.38. The largest absolute Gasteiger partial charge is 0.390 e. The first-order valence-corrected chi connectivity index (χ1v) is 7.01. The number of methoxy groups -OCH3 is 1. The predicted octanol–water partition coefficient (Wildman–Crippen LogP) is 1.21. The van der Waals surface area contributed by atoms with Gasteiger partial charge < -0.3 is 19.7 Å². The molecule has 1 aromatic rings. The van der Waals surface area contributed by atoms with Crippen LogP contribution < -0.4 is 5.32 Å². The summed E-state index contributed by atoms with van der Waals surface area (Å²) in [6.45, 7) is 7.26. The van der Waals surface area contributed by atoms with Crippen LogP contribution in [0.4, 0.5) is 0 Å². The highest BCUT2D eigenvalue weighted by Gasteiger charge is 2.22. The Bertz CT molecular complexity index is 350. The van der Waals surface area contributed by atoms with Crippen LogP contribution in [0.5, 0.6) is 0 Å². The number of nitrogens with zero attached hydrogens (tertiary/aromatic N) is 2. The van der Waals surface area contributed by atoms with E-state index >= 15 is 0 Å². The van der Waals surface area contributed by atoms with Crippen molar-refractivity contribution in [1.82, 2.24) is 14.9 Å². The van der Waals surface area contributed by atoms with Crippen LogP contribution in [0, 0.1) is 0 Å². The molecule has 5 nitrogen and oxygen atoms in total. The van der Waals surface area contributed by atoms with E-state index in [1.54, 1.807) is 13.3 Å². The number of imidazole rings is 1. The summed E-state index contributed by atoms with van der Waals surface area (Å²) in [5.41, 5.74) is -0.725. The van der Waals surface area contributed by atoms with E-state index in [1.165, 1.54) is 0 Å². The van der Waals surface area contributed by atoms with E-state index in [2.05, 4.69) is 21.8 Å². The third kappa shape index (κ3) is 6.18. The summed E-state index contributed by atoms with van der Waals surface area (Å²) in [5.74, 6) is 0.962. The molecule has 0 radical (unpaired) electrons. The second-order valence-electron chi connectivity index (χ2n) is 5.20. The summed E-state index contributed by atoms with van der Waals surface area (Å²) in [6, 6.07) is 0. The van der Waals surface area contributed by atoms with E-state index in [0.717, 1.165) is 31.9 Å². The first-order chi connectivity index (χ1) is 9.09. The zero-order valence-corrected chi connectivity index (χ0v) is 12.4. The third-order valence-corrected chi connectivity index (χ3v) is 3.13. The molecule has 110 valence electrons. The molecule has 0 bridgehead atoms. The lowest BCUT2D eigenvalue weighted by atomic mass is 9.97. The van der Waals surface area contributed by atoms with Crippen LogP contribution >= 0.6 is 0 Å². The highest BCUT2D eigenvalue weighted by atomic mass is 16.5. The van der Waals surface area contributed by atoms with Gasteiger partial charge in [0.15, 0.2) is 0 Å². The van der Waals surface area contributed by atoms with Gasteiger partial charge in [-0.05, 0) is 26.3 Å². The minimum absolute atomic E-state index is 0.589. The predicted molar refractivity (Wildman–Crippen MR) is 76.2 cm³/mol. The van der Waals surface area contributed by atoms with Crippen molar-refractivity contribution in [2.75, 3.05) is 26.8 Å². The van der Waals surface area contributed by atoms with Crippen LogP contribution in [0.3, 0.4) is 0 Å². The molecule has 0 saturated carbocycles. The van der Waals surface area contributed by atoms with Gasteiger partial charge in [0.05, 0.1) is 12.2 Å². The monoisotopic (exact) mass is 269 g/mol. The molecule has 1 heterocycles. The summed E-state index contributed by atoms with van der Waals surface area (Å²) in [4.78, 5) is 4.34. The van der Waals surface area contributed by atoms with Gasteiger partial charge in [-0.1, -0.05) is 6.92 Å². The Morgan fingerprint density at radius 3 is 2.95 bits per heavy atom. The summed E-state index contributed by atoms with van der Waals surface area (Å²) < 4.78 is 7.08. The fraction of sp³-hybridized carbons (Fsp3) is 0.786. The maximum absolute atomic E-state index is 10.4. The van der Waals surface area contributed by atoms with Gasteiger partial charge in [-0.2, -0.15) is 0 Å². The second kappa shape index (κ2) is 8.30. The molecule has 2 N–H and O–H groups in total. The van der Waals surface area contributed by atoms with Gasteiger partial charge in [0, 0.05) is 39.0 Å². The standard InChI is InChI=1S/C14H27N3O2/c1-4-9-17-10-7-16-13(17)12-14(2,18)5-6-15-8-11-19-3/h7,10,15,18H,4-6,8-9,11-12H2,1-3H3. The van der Waals surface area contributed by atoms with Crippen molar-refractivity contribution in [1.29, 1.82) is 0 Å². The average molecular weight is 269 g/mol. The summed E-state index contributed by atoms with van der Waals surface area (Å²) in [6.07, 6.45) is 6.15. The molecule has 19 heavy (non-hydrogen) atoms. The van der Waals surface area contributed by atoms with Crippen LogP contribution in [0.25, 0.3) is 0 Å².